The van der Waals surface area contributed by atoms with Crippen molar-refractivity contribution in [1.82, 2.24) is 0 Å². The SMILES string of the molecule is CO[SiH](OC)OC.CO[SiH](OC)OC. The van der Waals surface area contributed by atoms with Gasteiger partial charge in [-0.3, -0.25) is 0 Å². The molecule has 0 saturated carbocycles. The highest BCUT2D eigenvalue weighted by Crippen LogP contribution is 1.81. The van der Waals surface area contributed by atoms with Gasteiger partial charge < -0.3 is 26.6 Å². The third-order valence-electron chi connectivity index (χ3n) is 1.15. The molecule has 0 aromatic rings. The van der Waals surface area contributed by atoms with Crippen molar-refractivity contribution in [2.75, 3.05) is 42.7 Å². The van der Waals surface area contributed by atoms with E-state index in [9.17, 15) is 0 Å². The van der Waals surface area contributed by atoms with Crippen molar-refractivity contribution in [2.24, 2.45) is 0 Å². The topological polar surface area (TPSA) is 55.4 Å². The third-order valence-corrected chi connectivity index (χ3v) is 3.46. The molecule has 8 heteroatoms. The molecule has 0 bridgehead atoms. The summed E-state index contributed by atoms with van der Waals surface area (Å²) in [5, 5.41) is 0. The predicted octanol–water partition coefficient (Wildman–Crippen LogP) is -0.714. The highest BCUT2D eigenvalue weighted by molar-refractivity contribution is 6.36. The van der Waals surface area contributed by atoms with Crippen molar-refractivity contribution in [1.29, 1.82) is 0 Å². The molecule has 0 saturated heterocycles. The minimum atomic E-state index is -1.67. The van der Waals surface area contributed by atoms with E-state index < -0.39 is 19.1 Å². The molecule has 88 valence electrons. The molecular formula is C6H20O6Si2. The first-order chi connectivity index (χ1) is 6.69. The monoisotopic (exact) mass is 244 g/mol. The van der Waals surface area contributed by atoms with Gasteiger partial charge in [0.05, 0.1) is 0 Å². The Morgan fingerprint density at radius 1 is 0.429 bits per heavy atom. The molecule has 0 rings (SSSR count). The van der Waals surface area contributed by atoms with E-state index in [0.29, 0.717) is 0 Å². The fourth-order valence-corrected chi connectivity index (χ4v) is 1.73. The van der Waals surface area contributed by atoms with E-state index in [4.69, 9.17) is 26.6 Å². The van der Waals surface area contributed by atoms with E-state index in [1.807, 2.05) is 0 Å². The number of rotatable bonds is 6. The lowest BCUT2D eigenvalue weighted by atomic mass is 11.8. The van der Waals surface area contributed by atoms with Crippen molar-refractivity contribution in [3.63, 3.8) is 0 Å². The fraction of sp³-hybridized carbons (Fsp3) is 1.00. The van der Waals surface area contributed by atoms with E-state index in [1.165, 1.54) is 0 Å². The molecule has 0 radical (unpaired) electrons. The molecule has 14 heavy (non-hydrogen) atoms. The van der Waals surface area contributed by atoms with Gasteiger partial charge in [-0.15, -0.1) is 0 Å². The maximum absolute atomic E-state index is 4.74. The Balaban J connectivity index is 0. The molecule has 0 aliphatic heterocycles. The first kappa shape index (κ1) is 16.6. The summed E-state index contributed by atoms with van der Waals surface area (Å²) in [5.74, 6) is 0. The van der Waals surface area contributed by atoms with Gasteiger partial charge in [0, 0.05) is 42.7 Å². The average molecular weight is 244 g/mol. The van der Waals surface area contributed by atoms with Gasteiger partial charge in [0.25, 0.3) is 0 Å². The maximum atomic E-state index is 4.74. The van der Waals surface area contributed by atoms with Crippen molar-refractivity contribution < 1.29 is 26.6 Å². The first-order valence-corrected chi connectivity index (χ1v) is 6.69. The summed E-state index contributed by atoms with van der Waals surface area (Å²) in [6.45, 7) is 0. The van der Waals surface area contributed by atoms with Gasteiger partial charge in [-0.05, 0) is 0 Å². The second kappa shape index (κ2) is 13.2. The van der Waals surface area contributed by atoms with Crippen LogP contribution in [0.15, 0.2) is 0 Å². The summed E-state index contributed by atoms with van der Waals surface area (Å²) in [7, 11) is 6.10. The van der Waals surface area contributed by atoms with Gasteiger partial charge in [-0.25, -0.2) is 0 Å². The van der Waals surface area contributed by atoms with Crippen LogP contribution in [-0.4, -0.2) is 61.7 Å². The Labute approximate surface area is 88.9 Å². The van der Waals surface area contributed by atoms with Crippen LogP contribution in [0.25, 0.3) is 0 Å². The lowest BCUT2D eigenvalue weighted by molar-refractivity contribution is 0.163. The van der Waals surface area contributed by atoms with Crippen LogP contribution in [0, 0.1) is 0 Å². The van der Waals surface area contributed by atoms with E-state index >= 15 is 0 Å². The maximum Gasteiger partial charge on any atom is 0.483 e. The zero-order chi connectivity index (χ0) is 11.4. The number of hydrogen-bond acceptors (Lipinski definition) is 6. The van der Waals surface area contributed by atoms with E-state index in [0.717, 1.165) is 0 Å². The van der Waals surface area contributed by atoms with Gasteiger partial charge in [-0.2, -0.15) is 0 Å². The van der Waals surface area contributed by atoms with E-state index in [-0.39, 0.29) is 0 Å². The largest absolute Gasteiger partial charge is 0.483 e. The predicted molar refractivity (Wildman–Crippen MR) is 56.4 cm³/mol. The molecule has 0 amide bonds. The first-order valence-electron chi connectivity index (χ1n) is 3.86. The molecule has 0 atom stereocenters. The van der Waals surface area contributed by atoms with Crippen LogP contribution in [0.2, 0.25) is 0 Å². The summed E-state index contributed by atoms with van der Waals surface area (Å²) in [4.78, 5) is 0. The number of hydrogen-bond donors (Lipinski definition) is 0. The van der Waals surface area contributed by atoms with Gasteiger partial charge in [0.15, 0.2) is 0 Å². The molecule has 0 heterocycles. The highest BCUT2D eigenvalue weighted by Gasteiger charge is 2.05. The van der Waals surface area contributed by atoms with E-state index in [1.54, 1.807) is 42.7 Å². The van der Waals surface area contributed by atoms with Crippen LogP contribution < -0.4 is 0 Å². The average Bonchev–Trinajstić information content (AvgIpc) is 2.24. The van der Waals surface area contributed by atoms with Crippen LogP contribution >= 0.6 is 0 Å². The lowest BCUT2D eigenvalue weighted by Gasteiger charge is -2.05. The van der Waals surface area contributed by atoms with Crippen LogP contribution in [0.3, 0.4) is 0 Å². The zero-order valence-electron chi connectivity index (χ0n) is 9.60. The molecule has 0 aromatic carbocycles. The normalized spacial score (nSPS) is 10.3. The molecule has 0 N–H and O–H groups in total. The van der Waals surface area contributed by atoms with Crippen LogP contribution in [0.1, 0.15) is 0 Å². The van der Waals surface area contributed by atoms with Crippen molar-refractivity contribution in [2.45, 2.75) is 0 Å². The molecule has 6 nitrogen and oxygen atoms in total. The Hall–Kier alpha value is 0.194. The summed E-state index contributed by atoms with van der Waals surface area (Å²) in [5.41, 5.74) is 0. The Bertz CT molecular complexity index is 75.3. The van der Waals surface area contributed by atoms with Crippen molar-refractivity contribution >= 4 is 19.1 Å². The Kier molecular flexibility index (Phi) is 15.7. The standard InChI is InChI=1S/2C3H10O3Si/c2*1-4-7(5-2)6-3/h2*7H,1-3H3. The van der Waals surface area contributed by atoms with Crippen molar-refractivity contribution in [3.05, 3.63) is 0 Å². The van der Waals surface area contributed by atoms with Gasteiger partial charge in [0.2, 0.25) is 0 Å². The molecular weight excluding hydrogens is 224 g/mol. The van der Waals surface area contributed by atoms with Gasteiger partial charge in [0.1, 0.15) is 0 Å². The highest BCUT2D eigenvalue weighted by atomic mass is 28.3. The Morgan fingerprint density at radius 3 is 0.571 bits per heavy atom. The molecule has 0 aromatic heterocycles. The minimum Gasteiger partial charge on any atom is -0.379 e. The third kappa shape index (κ3) is 10.3. The quantitative estimate of drug-likeness (QED) is 0.575. The molecule has 0 aliphatic rings. The van der Waals surface area contributed by atoms with Crippen molar-refractivity contribution in [3.8, 4) is 0 Å². The van der Waals surface area contributed by atoms with Crippen LogP contribution in [0.5, 0.6) is 0 Å². The zero-order valence-corrected chi connectivity index (χ0v) is 11.9. The van der Waals surface area contributed by atoms with Crippen LogP contribution in [0.4, 0.5) is 0 Å². The Morgan fingerprint density at radius 2 is 0.571 bits per heavy atom. The van der Waals surface area contributed by atoms with Gasteiger partial charge in [-0.1, -0.05) is 0 Å². The van der Waals surface area contributed by atoms with Crippen LogP contribution in [-0.2, 0) is 26.6 Å². The second-order valence-corrected chi connectivity index (χ2v) is 5.97. The molecule has 0 unspecified atom stereocenters. The summed E-state index contributed by atoms with van der Waals surface area (Å²) in [6, 6.07) is 0. The second-order valence-electron chi connectivity index (χ2n) is 1.99. The summed E-state index contributed by atoms with van der Waals surface area (Å²) >= 11 is 0. The minimum absolute atomic E-state index is 1.57. The van der Waals surface area contributed by atoms with Gasteiger partial charge >= 0.3 is 19.1 Å². The molecule has 0 fully saturated rings. The summed E-state index contributed by atoms with van der Waals surface area (Å²) in [6.07, 6.45) is 0. The molecule has 0 spiro atoms. The lowest BCUT2D eigenvalue weighted by Crippen LogP contribution is -2.21. The molecule has 0 aliphatic carbocycles. The summed E-state index contributed by atoms with van der Waals surface area (Å²) < 4.78 is 28.5. The smallest absolute Gasteiger partial charge is 0.379 e. The fourth-order valence-electron chi connectivity index (χ4n) is 0.577. The van der Waals surface area contributed by atoms with E-state index in [2.05, 4.69) is 0 Å².